The summed E-state index contributed by atoms with van der Waals surface area (Å²) in [4.78, 5) is 8.38. The Balaban J connectivity index is 2.01. The topological polar surface area (TPSA) is 63.8 Å². The van der Waals surface area contributed by atoms with Gasteiger partial charge in [0.1, 0.15) is 17.5 Å². The van der Waals surface area contributed by atoms with E-state index in [1.54, 1.807) is 30.3 Å². The molecule has 22 heavy (non-hydrogen) atoms. The van der Waals surface area contributed by atoms with Gasteiger partial charge in [-0.1, -0.05) is 35.9 Å². The Hall–Kier alpha value is -2.66. The van der Waals surface area contributed by atoms with Crippen LogP contribution < -0.4 is 11.1 Å². The fourth-order valence-corrected chi connectivity index (χ4v) is 2.18. The van der Waals surface area contributed by atoms with Crippen molar-refractivity contribution in [2.24, 2.45) is 0 Å². The molecule has 2 aromatic carbocycles. The van der Waals surface area contributed by atoms with Gasteiger partial charge in [0.05, 0.1) is 16.3 Å². The zero-order chi connectivity index (χ0) is 15.5. The smallest absolute Gasteiger partial charge is 0.166 e. The van der Waals surface area contributed by atoms with E-state index in [2.05, 4.69) is 15.3 Å². The quantitative estimate of drug-likeness (QED) is 0.758. The van der Waals surface area contributed by atoms with Gasteiger partial charge < -0.3 is 11.1 Å². The minimum absolute atomic E-state index is 0.215. The van der Waals surface area contributed by atoms with Crippen LogP contribution in [0.2, 0.25) is 5.02 Å². The van der Waals surface area contributed by atoms with Crippen LogP contribution in [0.4, 0.5) is 21.7 Å². The van der Waals surface area contributed by atoms with Crippen molar-refractivity contribution < 1.29 is 4.39 Å². The minimum atomic E-state index is -0.406. The largest absolute Gasteiger partial charge is 0.384 e. The van der Waals surface area contributed by atoms with Gasteiger partial charge in [-0.25, -0.2) is 14.4 Å². The summed E-state index contributed by atoms with van der Waals surface area (Å²) in [5, 5.41) is 3.61. The third-order valence-electron chi connectivity index (χ3n) is 3.00. The van der Waals surface area contributed by atoms with Crippen molar-refractivity contribution in [3.05, 3.63) is 65.4 Å². The van der Waals surface area contributed by atoms with Gasteiger partial charge in [-0.2, -0.15) is 0 Å². The number of anilines is 3. The molecule has 0 radical (unpaired) electrons. The van der Waals surface area contributed by atoms with Crippen LogP contribution in [0.3, 0.4) is 0 Å². The Kier molecular flexibility index (Phi) is 3.89. The van der Waals surface area contributed by atoms with Crippen LogP contribution in [-0.4, -0.2) is 9.97 Å². The summed E-state index contributed by atoms with van der Waals surface area (Å²) in [5.74, 6) is 0.492. The Morgan fingerprint density at radius 3 is 2.50 bits per heavy atom. The highest BCUT2D eigenvalue weighted by Crippen LogP contribution is 2.26. The van der Waals surface area contributed by atoms with Crippen molar-refractivity contribution in [2.75, 3.05) is 11.1 Å². The van der Waals surface area contributed by atoms with Gasteiger partial charge in [-0.05, 0) is 24.3 Å². The normalized spacial score (nSPS) is 10.5. The number of para-hydroxylation sites is 1. The summed E-state index contributed by atoms with van der Waals surface area (Å²) in [6, 6.07) is 15.1. The molecule has 110 valence electrons. The summed E-state index contributed by atoms with van der Waals surface area (Å²) in [5.41, 5.74) is 6.76. The van der Waals surface area contributed by atoms with Crippen LogP contribution in [0, 0.1) is 5.82 Å². The number of hydrogen-bond donors (Lipinski definition) is 2. The molecule has 1 aromatic heterocycles. The molecule has 0 fully saturated rings. The number of nitrogens with one attached hydrogen (secondary N) is 1. The lowest BCUT2D eigenvalue weighted by Gasteiger charge is -2.10. The lowest BCUT2D eigenvalue weighted by atomic mass is 10.2. The van der Waals surface area contributed by atoms with E-state index in [-0.39, 0.29) is 17.2 Å². The fourth-order valence-electron chi connectivity index (χ4n) is 1.99. The SMILES string of the molecule is Nc1cc(Nc2ccccc2Cl)nc(-c2ccccc2F)n1. The molecular weight excluding hydrogens is 303 g/mol. The summed E-state index contributed by atoms with van der Waals surface area (Å²) in [6.07, 6.45) is 0. The fraction of sp³-hybridized carbons (Fsp3) is 0. The molecule has 0 saturated heterocycles. The summed E-state index contributed by atoms with van der Waals surface area (Å²) < 4.78 is 13.9. The maximum absolute atomic E-state index is 13.9. The second kappa shape index (κ2) is 5.99. The summed E-state index contributed by atoms with van der Waals surface area (Å²) in [7, 11) is 0. The summed E-state index contributed by atoms with van der Waals surface area (Å²) in [6.45, 7) is 0. The van der Waals surface area contributed by atoms with Crippen LogP contribution in [0.1, 0.15) is 0 Å². The standard InChI is InChI=1S/C16H12ClFN4/c17-11-6-2-4-8-13(11)20-15-9-14(19)21-16(22-15)10-5-1-3-7-12(10)18/h1-9H,(H3,19,20,21,22). The maximum Gasteiger partial charge on any atom is 0.166 e. The van der Waals surface area contributed by atoms with Gasteiger partial charge in [0.15, 0.2) is 5.82 Å². The Labute approximate surface area is 131 Å². The van der Waals surface area contributed by atoms with Crippen LogP contribution >= 0.6 is 11.6 Å². The monoisotopic (exact) mass is 314 g/mol. The highest BCUT2D eigenvalue weighted by Gasteiger charge is 2.10. The van der Waals surface area contributed by atoms with Gasteiger partial charge in [0.25, 0.3) is 0 Å². The molecule has 3 aromatic rings. The van der Waals surface area contributed by atoms with Crippen LogP contribution in [-0.2, 0) is 0 Å². The molecule has 0 amide bonds. The molecule has 1 heterocycles. The van der Waals surface area contributed by atoms with E-state index < -0.39 is 5.82 Å². The van der Waals surface area contributed by atoms with Gasteiger partial charge in [0.2, 0.25) is 0 Å². The summed E-state index contributed by atoms with van der Waals surface area (Å²) >= 11 is 6.10. The molecule has 0 atom stereocenters. The first-order chi connectivity index (χ1) is 10.6. The molecular formula is C16H12ClFN4. The third kappa shape index (κ3) is 2.99. The van der Waals surface area contributed by atoms with E-state index in [1.165, 1.54) is 6.07 Å². The van der Waals surface area contributed by atoms with Crippen LogP contribution in [0.25, 0.3) is 11.4 Å². The number of aromatic nitrogens is 2. The molecule has 0 bridgehead atoms. The average molecular weight is 315 g/mol. The second-order valence-electron chi connectivity index (χ2n) is 4.59. The lowest BCUT2D eigenvalue weighted by Crippen LogP contribution is -2.02. The van der Waals surface area contributed by atoms with Gasteiger partial charge >= 0.3 is 0 Å². The zero-order valence-electron chi connectivity index (χ0n) is 11.4. The number of nitrogens with two attached hydrogens (primary N) is 1. The van der Waals surface area contributed by atoms with Crippen molar-refractivity contribution in [3.8, 4) is 11.4 Å². The third-order valence-corrected chi connectivity index (χ3v) is 3.33. The molecule has 3 N–H and O–H groups in total. The van der Waals surface area contributed by atoms with E-state index >= 15 is 0 Å². The van der Waals surface area contributed by atoms with E-state index in [4.69, 9.17) is 17.3 Å². The molecule has 0 aliphatic carbocycles. The van der Waals surface area contributed by atoms with Crippen molar-refractivity contribution in [1.29, 1.82) is 0 Å². The number of rotatable bonds is 3. The van der Waals surface area contributed by atoms with Gasteiger partial charge in [-0.3, -0.25) is 0 Å². The Morgan fingerprint density at radius 1 is 1.00 bits per heavy atom. The number of nitrogen functional groups attached to an aromatic ring is 1. The van der Waals surface area contributed by atoms with Gasteiger partial charge in [-0.15, -0.1) is 0 Å². The molecule has 0 spiro atoms. The maximum atomic E-state index is 13.9. The average Bonchev–Trinajstić information content (AvgIpc) is 2.49. The molecule has 0 aliphatic heterocycles. The molecule has 0 unspecified atom stereocenters. The predicted molar refractivity (Wildman–Crippen MR) is 86.6 cm³/mol. The molecule has 4 nitrogen and oxygen atoms in total. The van der Waals surface area contributed by atoms with Gasteiger partial charge in [0, 0.05) is 6.07 Å². The van der Waals surface area contributed by atoms with E-state index in [0.29, 0.717) is 16.5 Å². The first kappa shape index (κ1) is 14.3. The van der Waals surface area contributed by atoms with Crippen molar-refractivity contribution in [1.82, 2.24) is 9.97 Å². The van der Waals surface area contributed by atoms with E-state index in [0.717, 1.165) is 0 Å². The number of halogens is 2. The van der Waals surface area contributed by atoms with Crippen molar-refractivity contribution in [3.63, 3.8) is 0 Å². The van der Waals surface area contributed by atoms with Crippen LogP contribution in [0.15, 0.2) is 54.6 Å². The number of hydrogen-bond acceptors (Lipinski definition) is 4. The first-order valence-corrected chi connectivity index (χ1v) is 6.92. The lowest BCUT2D eigenvalue weighted by molar-refractivity contribution is 0.630. The second-order valence-corrected chi connectivity index (χ2v) is 4.99. The van der Waals surface area contributed by atoms with E-state index in [9.17, 15) is 4.39 Å². The zero-order valence-corrected chi connectivity index (χ0v) is 12.2. The van der Waals surface area contributed by atoms with E-state index in [1.807, 2.05) is 18.2 Å². The Bertz CT molecular complexity index is 823. The molecule has 0 aliphatic rings. The number of benzene rings is 2. The Morgan fingerprint density at radius 2 is 1.73 bits per heavy atom. The van der Waals surface area contributed by atoms with Crippen molar-refractivity contribution >= 4 is 28.9 Å². The first-order valence-electron chi connectivity index (χ1n) is 6.54. The molecule has 0 saturated carbocycles. The highest BCUT2D eigenvalue weighted by atomic mass is 35.5. The minimum Gasteiger partial charge on any atom is -0.384 e. The van der Waals surface area contributed by atoms with Crippen molar-refractivity contribution in [2.45, 2.75) is 0 Å². The predicted octanol–water partition coefficient (Wildman–Crippen LogP) is 4.26. The van der Waals surface area contributed by atoms with Crippen LogP contribution in [0.5, 0.6) is 0 Å². The molecule has 3 rings (SSSR count). The highest BCUT2D eigenvalue weighted by molar-refractivity contribution is 6.33. The number of nitrogens with zero attached hydrogens (tertiary/aromatic N) is 2. The molecule has 6 heteroatoms.